The van der Waals surface area contributed by atoms with Crippen molar-refractivity contribution < 1.29 is 22.6 Å². The first-order valence-electron chi connectivity index (χ1n) is 6.45. The summed E-state index contributed by atoms with van der Waals surface area (Å²) < 4.78 is 36.2. The van der Waals surface area contributed by atoms with Crippen LogP contribution in [0, 0.1) is 16.0 Å². The van der Waals surface area contributed by atoms with E-state index in [1.165, 1.54) is 6.07 Å². The summed E-state index contributed by atoms with van der Waals surface area (Å²) in [4.78, 5) is 9.85. The lowest BCUT2D eigenvalue weighted by molar-refractivity contribution is -0.384. The second-order valence-corrected chi connectivity index (χ2v) is 6.27. The Hall–Kier alpha value is -1.71. The van der Waals surface area contributed by atoms with Gasteiger partial charge >= 0.3 is 0 Å². The third-order valence-electron chi connectivity index (χ3n) is 3.39. The highest BCUT2D eigenvalue weighted by Gasteiger charge is 2.21. The van der Waals surface area contributed by atoms with Gasteiger partial charge in [-0.05, 0) is 30.9 Å². The SMILES string of the molecule is O=[N+]([O-])c1cc(S(=O)(=O)O)ccc1NCC1CCOCC1. The molecular formula is C12H16N2O6S. The van der Waals surface area contributed by atoms with Gasteiger partial charge in [-0.3, -0.25) is 14.7 Å². The lowest BCUT2D eigenvalue weighted by atomic mass is 10.0. The van der Waals surface area contributed by atoms with Crippen molar-refractivity contribution in [2.75, 3.05) is 25.1 Å². The maximum Gasteiger partial charge on any atom is 0.294 e. The third-order valence-corrected chi connectivity index (χ3v) is 4.24. The Balaban J connectivity index is 2.16. The van der Waals surface area contributed by atoms with Gasteiger partial charge in [-0.2, -0.15) is 8.42 Å². The molecule has 0 bridgehead atoms. The number of benzene rings is 1. The van der Waals surface area contributed by atoms with E-state index in [1.807, 2.05) is 0 Å². The number of nitrogens with zero attached hydrogens (tertiary/aromatic N) is 1. The summed E-state index contributed by atoms with van der Waals surface area (Å²) in [5, 5.41) is 14.0. The first-order chi connectivity index (χ1) is 9.88. The van der Waals surface area contributed by atoms with Crippen LogP contribution in [0.4, 0.5) is 11.4 Å². The minimum atomic E-state index is -4.46. The molecule has 1 saturated heterocycles. The average molecular weight is 316 g/mol. The predicted octanol–water partition coefficient (Wildman–Crippen LogP) is 1.68. The molecule has 116 valence electrons. The third kappa shape index (κ3) is 4.13. The van der Waals surface area contributed by atoms with E-state index >= 15 is 0 Å². The topological polar surface area (TPSA) is 119 Å². The highest BCUT2D eigenvalue weighted by molar-refractivity contribution is 7.85. The fourth-order valence-electron chi connectivity index (χ4n) is 2.18. The quantitative estimate of drug-likeness (QED) is 0.482. The number of hydrogen-bond donors (Lipinski definition) is 2. The minimum absolute atomic E-state index is 0.235. The Morgan fingerprint density at radius 1 is 1.38 bits per heavy atom. The fourth-order valence-corrected chi connectivity index (χ4v) is 2.68. The number of rotatable bonds is 5. The van der Waals surface area contributed by atoms with Crippen molar-refractivity contribution in [1.82, 2.24) is 0 Å². The summed E-state index contributed by atoms with van der Waals surface area (Å²) in [6.45, 7) is 1.90. The first-order valence-corrected chi connectivity index (χ1v) is 7.89. The van der Waals surface area contributed by atoms with Crippen LogP contribution in [0.5, 0.6) is 0 Å². The molecule has 8 nitrogen and oxygen atoms in total. The van der Waals surface area contributed by atoms with Gasteiger partial charge in [-0.15, -0.1) is 0 Å². The van der Waals surface area contributed by atoms with Crippen LogP contribution in [0.1, 0.15) is 12.8 Å². The standard InChI is InChI=1S/C12H16N2O6S/c15-14(16)12-7-10(21(17,18)19)1-2-11(12)13-8-9-3-5-20-6-4-9/h1-2,7,9,13H,3-6,8H2,(H,17,18,19). The van der Waals surface area contributed by atoms with Crippen molar-refractivity contribution >= 4 is 21.5 Å². The van der Waals surface area contributed by atoms with Crippen LogP contribution in [0.25, 0.3) is 0 Å². The van der Waals surface area contributed by atoms with E-state index in [1.54, 1.807) is 0 Å². The van der Waals surface area contributed by atoms with Gasteiger partial charge in [-0.1, -0.05) is 0 Å². The minimum Gasteiger partial charge on any atom is -0.381 e. The molecule has 1 aliphatic heterocycles. The molecule has 0 aromatic heterocycles. The fraction of sp³-hybridized carbons (Fsp3) is 0.500. The highest BCUT2D eigenvalue weighted by Crippen LogP contribution is 2.28. The molecule has 0 spiro atoms. The van der Waals surface area contributed by atoms with E-state index in [4.69, 9.17) is 9.29 Å². The lowest BCUT2D eigenvalue weighted by Gasteiger charge is -2.22. The maximum absolute atomic E-state index is 11.0. The largest absolute Gasteiger partial charge is 0.381 e. The van der Waals surface area contributed by atoms with Crippen LogP contribution in [0.15, 0.2) is 23.1 Å². The molecule has 0 radical (unpaired) electrons. The summed E-state index contributed by atoms with van der Waals surface area (Å²) in [6, 6.07) is 3.27. The van der Waals surface area contributed by atoms with Crippen LogP contribution >= 0.6 is 0 Å². The van der Waals surface area contributed by atoms with Crippen molar-refractivity contribution in [3.8, 4) is 0 Å². The molecule has 2 rings (SSSR count). The Labute approximate surface area is 122 Å². The molecule has 0 atom stereocenters. The number of anilines is 1. The lowest BCUT2D eigenvalue weighted by Crippen LogP contribution is -2.22. The van der Waals surface area contributed by atoms with Gasteiger partial charge in [0.2, 0.25) is 0 Å². The Morgan fingerprint density at radius 2 is 2.05 bits per heavy atom. The Kier molecular flexibility index (Phi) is 4.76. The number of nitro benzene ring substituents is 1. The molecule has 1 aromatic rings. The van der Waals surface area contributed by atoms with Gasteiger partial charge in [0.1, 0.15) is 10.6 Å². The Bertz CT molecular complexity index is 625. The summed E-state index contributed by atoms with van der Waals surface area (Å²) in [5.41, 5.74) is -0.143. The van der Waals surface area contributed by atoms with E-state index in [-0.39, 0.29) is 11.4 Å². The summed E-state index contributed by atoms with van der Waals surface area (Å²) in [5.74, 6) is 0.361. The van der Waals surface area contributed by atoms with E-state index in [0.717, 1.165) is 25.0 Å². The number of nitro groups is 1. The molecule has 0 saturated carbocycles. The molecule has 0 amide bonds. The molecule has 1 heterocycles. The molecule has 1 fully saturated rings. The van der Waals surface area contributed by atoms with E-state index in [2.05, 4.69) is 5.32 Å². The second kappa shape index (κ2) is 6.37. The molecule has 0 unspecified atom stereocenters. The zero-order valence-electron chi connectivity index (χ0n) is 11.2. The monoisotopic (exact) mass is 316 g/mol. The second-order valence-electron chi connectivity index (χ2n) is 4.85. The van der Waals surface area contributed by atoms with Crippen molar-refractivity contribution in [1.29, 1.82) is 0 Å². The van der Waals surface area contributed by atoms with E-state index < -0.39 is 19.9 Å². The molecule has 1 aromatic carbocycles. The van der Waals surface area contributed by atoms with Gasteiger partial charge in [0.05, 0.1) is 4.92 Å². The number of nitrogens with one attached hydrogen (secondary N) is 1. The van der Waals surface area contributed by atoms with Crippen molar-refractivity contribution in [3.05, 3.63) is 28.3 Å². The first kappa shape index (κ1) is 15.7. The average Bonchev–Trinajstić information content (AvgIpc) is 2.45. The highest BCUT2D eigenvalue weighted by atomic mass is 32.2. The maximum atomic E-state index is 11.0. The summed E-state index contributed by atoms with van der Waals surface area (Å²) in [6.07, 6.45) is 1.76. The zero-order chi connectivity index (χ0) is 15.5. The molecule has 0 aliphatic carbocycles. The molecule has 9 heteroatoms. The van der Waals surface area contributed by atoms with Crippen molar-refractivity contribution in [2.24, 2.45) is 5.92 Å². The zero-order valence-corrected chi connectivity index (χ0v) is 12.0. The van der Waals surface area contributed by atoms with Crippen molar-refractivity contribution in [3.63, 3.8) is 0 Å². The summed E-state index contributed by atoms with van der Waals surface area (Å²) in [7, 11) is -4.46. The van der Waals surface area contributed by atoms with E-state index in [0.29, 0.717) is 25.7 Å². The van der Waals surface area contributed by atoms with Crippen LogP contribution in [0.2, 0.25) is 0 Å². The number of hydrogen-bond acceptors (Lipinski definition) is 6. The number of ether oxygens (including phenoxy) is 1. The molecular weight excluding hydrogens is 300 g/mol. The van der Waals surface area contributed by atoms with Crippen LogP contribution < -0.4 is 5.32 Å². The molecule has 2 N–H and O–H groups in total. The van der Waals surface area contributed by atoms with Gasteiger partial charge in [0.15, 0.2) is 0 Å². The Morgan fingerprint density at radius 3 is 2.62 bits per heavy atom. The van der Waals surface area contributed by atoms with Crippen LogP contribution in [-0.4, -0.2) is 37.7 Å². The van der Waals surface area contributed by atoms with Crippen LogP contribution in [0.3, 0.4) is 0 Å². The molecule has 1 aliphatic rings. The smallest absolute Gasteiger partial charge is 0.294 e. The van der Waals surface area contributed by atoms with Gasteiger partial charge in [0.25, 0.3) is 15.8 Å². The van der Waals surface area contributed by atoms with Gasteiger partial charge < -0.3 is 10.1 Å². The summed E-state index contributed by atoms with van der Waals surface area (Å²) >= 11 is 0. The predicted molar refractivity (Wildman–Crippen MR) is 74.9 cm³/mol. The normalized spacial score (nSPS) is 16.6. The molecule has 21 heavy (non-hydrogen) atoms. The van der Waals surface area contributed by atoms with Crippen LogP contribution in [-0.2, 0) is 14.9 Å². The van der Waals surface area contributed by atoms with Gasteiger partial charge in [0, 0.05) is 25.8 Å². The van der Waals surface area contributed by atoms with E-state index in [9.17, 15) is 18.5 Å². The van der Waals surface area contributed by atoms with Gasteiger partial charge in [-0.25, -0.2) is 0 Å². The van der Waals surface area contributed by atoms with Crippen molar-refractivity contribution in [2.45, 2.75) is 17.7 Å².